The molecular weight excluding hydrogens is 428 g/mol. The topological polar surface area (TPSA) is 66.0 Å². The molecule has 0 aliphatic carbocycles. The van der Waals surface area contributed by atoms with Crippen LogP contribution < -0.4 is 9.80 Å². The fraction of sp³-hybridized carbons (Fsp3) is 0.458. The lowest BCUT2D eigenvalue weighted by Gasteiger charge is -2.37. The molecular formula is C24H29ClN4O3. The molecule has 2 aliphatic heterocycles. The smallest absolute Gasteiger partial charge is 0.410 e. The number of benzene rings is 1. The number of anilines is 2. The van der Waals surface area contributed by atoms with Gasteiger partial charge in [0.1, 0.15) is 5.60 Å². The maximum atomic E-state index is 13.2. The van der Waals surface area contributed by atoms with Crippen LogP contribution in [0.25, 0.3) is 0 Å². The molecule has 32 heavy (non-hydrogen) atoms. The van der Waals surface area contributed by atoms with Crippen molar-refractivity contribution in [3.63, 3.8) is 0 Å². The van der Waals surface area contributed by atoms with Crippen LogP contribution in [0.3, 0.4) is 0 Å². The third-order valence-corrected chi connectivity index (χ3v) is 6.13. The van der Waals surface area contributed by atoms with Crippen LogP contribution in [0, 0.1) is 0 Å². The van der Waals surface area contributed by atoms with E-state index in [9.17, 15) is 9.59 Å². The van der Waals surface area contributed by atoms with E-state index in [-0.39, 0.29) is 12.0 Å². The summed E-state index contributed by atoms with van der Waals surface area (Å²) in [5.41, 5.74) is 2.17. The molecule has 8 heteroatoms. The molecule has 0 atom stereocenters. The van der Waals surface area contributed by atoms with Crippen molar-refractivity contribution in [3.8, 4) is 0 Å². The van der Waals surface area contributed by atoms with E-state index in [0.717, 1.165) is 16.9 Å². The van der Waals surface area contributed by atoms with Gasteiger partial charge in [-0.15, -0.1) is 0 Å². The largest absolute Gasteiger partial charge is 0.444 e. The van der Waals surface area contributed by atoms with E-state index in [0.29, 0.717) is 36.8 Å². The molecule has 0 unspecified atom stereocenters. The Hall–Kier alpha value is -2.80. The van der Waals surface area contributed by atoms with Gasteiger partial charge in [-0.05, 0) is 64.4 Å². The monoisotopic (exact) mass is 456 g/mol. The Balaban J connectivity index is 1.52. The Bertz CT molecular complexity index is 1060. The van der Waals surface area contributed by atoms with Crippen LogP contribution in [0.15, 0.2) is 36.7 Å². The first-order valence-electron chi connectivity index (χ1n) is 10.8. The highest BCUT2D eigenvalue weighted by molar-refractivity contribution is 6.31. The van der Waals surface area contributed by atoms with Gasteiger partial charge in [-0.3, -0.25) is 14.7 Å². The quantitative estimate of drug-likeness (QED) is 0.656. The zero-order valence-corrected chi connectivity index (χ0v) is 19.9. The summed E-state index contributed by atoms with van der Waals surface area (Å²) in [5, 5.41) is 0.612. The summed E-state index contributed by atoms with van der Waals surface area (Å²) in [4.78, 5) is 35.7. The Morgan fingerprint density at radius 2 is 1.72 bits per heavy atom. The number of piperazine rings is 1. The maximum Gasteiger partial charge on any atom is 0.410 e. The van der Waals surface area contributed by atoms with Crippen LogP contribution in [0.1, 0.15) is 50.5 Å². The van der Waals surface area contributed by atoms with Crippen molar-refractivity contribution < 1.29 is 14.3 Å². The van der Waals surface area contributed by atoms with Crippen molar-refractivity contribution >= 4 is 35.0 Å². The fourth-order valence-electron chi connectivity index (χ4n) is 4.33. The standard InChI is InChI=1S/C24H29ClN4O3/c1-23(2,3)32-22(31)28-10-8-27(9-11-28)17-13-18(15-26-14-17)29-21(30)19-7-6-16(25)12-20(19)24(29,4)5/h6-7,12-15H,8-11H2,1-5H3. The number of amides is 2. The van der Waals surface area contributed by atoms with E-state index in [4.69, 9.17) is 16.3 Å². The molecule has 1 aromatic carbocycles. The predicted molar refractivity (Wildman–Crippen MR) is 126 cm³/mol. The molecule has 3 heterocycles. The van der Waals surface area contributed by atoms with Gasteiger partial charge in [0.2, 0.25) is 0 Å². The molecule has 0 spiro atoms. The molecule has 170 valence electrons. The number of aromatic nitrogens is 1. The average molecular weight is 457 g/mol. The Morgan fingerprint density at radius 1 is 1.06 bits per heavy atom. The molecule has 7 nitrogen and oxygen atoms in total. The minimum Gasteiger partial charge on any atom is -0.444 e. The second-order valence-electron chi connectivity index (χ2n) is 9.75. The van der Waals surface area contributed by atoms with Gasteiger partial charge in [-0.25, -0.2) is 4.79 Å². The van der Waals surface area contributed by atoms with Gasteiger partial charge in [0.15, 0.2) is 0 Å². The summed E-state index contributed by atoms with van der Waals surface area (Å²) in [6, 6.07) is 7.39. The third kappa shape index (κ3) is 4.13. The van der Waals surface area contributed by atoms with Crippen LogP contribution in [0.5, 0.6) is 0 Å². The van der Waals surface area contributed by atoms with E-state index < -0.39 is 11.1 Å². The van der Waals surface area contributed by atoms with Crippen molar-refractivity contribution in [1.29, 1.82) is 0 Å². The second-order valence-corrected chi connectivity index (χ2v) is 10.2. The first-order valence-corrected chi connectivity index (χ1v) is 11.2. The number of carbonyl (C=O) groups is 2. The highest BCUT2D eigenvalue weighted by Crippen LogP contribution is 2.43. The normalized spacial score (nSPS) is 18.1. The molecule has 1 fully saturated rings. The van der Waals surface area contributed by atoms with Gasteiger partial charge >= 0.3 is 6.09 Å². The fourth-order valence-corrected chi connectivity index (χ4v) is 4.50. The maximum absolute atomic E-state index is 13.2. The third-order valence-electron chi connectivity index (χ3n) is 5.90. The van der Waals surface area contributed by atoms with Crippen molar-refractivity contribution in [2.75, 3.05) is 36.0 Å². The highest BCUT2D eigenvalue weighted by Gasteiger charge is 2.44. The summed E-state index contributed by atoms with van der Waals surface area (Å²) in [6.45, 7) is 12.1. The van der Waals surface area contributed by atoms with Crippen LogP contribution in [0.4, 0.5) is 16.2 Å². The zero-order valence-electron chi connectivity index (χ0n) is 19.2. The van der Waals surface area contributed by atoms with Crippen molar-refractivity contribution in [1.82, 2.24) is 9.88 Å². The van der Waals surface area contributed by atoms with E-state index >= 15 is 0 Å². The summed E-state index contributed by atoms with van der Waals surface area (Å²) < 4.78 is 5.48. The van der Waals surface area contributed by atoms with Crippen molar-refractivity contribution in [2.45, 2.75) is 45.8 Å². The van der Waals surface area contributed by atoms with Crippen molar-refractivity contribution in [2.24, 2.45) is 0 Å². The van der Waals surface area contributed by atoms with E-state index in [1.807, 2.05) is 46.8 Å². The summed E-state index contributed by atoms with van der Waals surface area (Å²) >= 11 is 6.20. The van der Waals surface area contributed by atoms with Crippen LogP contribution in [-0.4, -0.2) is 53.7 Å². The van der Waals surface area contributed by atoms with Crippen molar-refractivity contribution in [3.05, 3.63) is 52.8 Å². The number of hydrogen-bond acceptors (Lipinski definition) is 5. The number of halogens is 1. The molecule has 2 amide bonds. The Morgan fingerprint density at radius 3 is 2.38 bits per heavy atom. The summed E-state index contributed by atoms with van der Waals surface area (Å²) in [5.74, 6) is -0.0599. The second kappa shape index (κ2) is 7.96. The number of fused-ring (bicyclic) bond motifs is 1. The first kappa shape index (κ1) is 22.4. The minimum atomic E-state index is -0.549. The van der Waals surface area contributed by atoms with Gasteiger partial charge in [0.25, 0.3) is 5.91 Å². The summed E-state index contributed by atoms with van der Waals surface area (Å²) in [6.07, 6.45) is 3.22. The van der Waals surface area contributed by atoms with Gasteiger partial charge in [0.05, 0.1) is 29.3 Å². The minimum absolute atomic E-state index is 0.0599. The lowest BCUT2D eigenvalue weighted by atomic mass is 9.93. The Kier molecular flexibility index (Phi) is 5.57. The molecule has 2 aliphatic rings. The average Bonchev–Trinajstić information content (AvgIpc) is 2.92. The van der Waals surface area contributed by atoms with Gasteiger partial charge in [0, 0.05) is 36.8 Å². The number of ether oxygens (including phenoxy) is 1. The number of nitrogens with zero attached hydrogens (tertiary/aromatic N) is 4. The molecule has 2 aromatic rings. The predicted octanol–water partition coefficient (Wildman–Crippen LogP) is 4.69. The van der Waals surface area contributed by atoms with Gasteiger partial charge in [-0.1, -0.05) is 11.6 Å². The lowest BCUT2D eigenvalue weighted by molar-refractivity contribution is 0.0240. The molecule has 0 bridgehead atoms. The number of pyridine rings is 1. The number of carbonyl (C=O) groups excluding carboxylic acids is 2. The molecule has 1 aromatic heterocycles. The summed E-state index contributed by atoms with van der Waals surface area (Å²) in [7, 11) is 0. The SMILES string of the molecule is CC(C)(C)OC(=O)N1CCN(c2cncc(N3C(=O)c4ccc(Cl)cc4C3(C)C)c2)CC1. The number of rotatable bonds is 2. The first-order chi connectivity index (χ1) is 15.0. The highest BCUT2D eigenvalue weighted by atomic mass is 35.5. The van der Waals surface area contributed by atoms with Crippen LogP contribution >= 0.6 is 11.6 Å². The Labute approximate surface area is 193 Å². The molecule has 0 N–H and O–H groups in total. The van der Waals surface area contributed by atoms with E-state index in [1.165, 1.54) is 0 Å². The zero-order chi connectivity index (χ0) is 23.3. The molecule has 4 rings (SSSR count). The van der Waals surface area contributed by atoms with Gasteiger partial charge < -0.3 is 14.5 Å². The van der Waals surface area contributed by atoms with Crippen LogP contribution in [-0.2, 0) is 10.3 Å². The molecule has 0 saturated carbocycles. The number of hydrogen-bond donors (Lipinski definition) is 0. The van der Waals surface area contributed by atoms with E-state index in [2.05, 4.69) is 9.88 Å². The van der Waals surface area contributed by atoms with E-state index in [1.54, 1.807) is 34.3 Å². The van der Waals surface area contributed by atoms with Gasteiger partial charge in [-0.2, -0.15) is 0 Å². The van der Waals surface area contributed by atoms with Crippen LogP contribution in [0.2, 0.25) is 5.02 Å². The lowest BCUT2D eigenvalue weighted by Crippen LogP contribution is -2.50. The molecule has 1 saturated heterocycles. The molecule has 0 radical (unpaired) electrons.